The normalized spacial score (nSPS) is 13.4. The molecule has 0 heterocycles. The van der Waals surface area contributed by atoms with Crippen LogP contribution in [0.15, 0.2) is 70.9 Å². The molecule has 2 aromatic rings. The van der Waals surface area contributed by atoms with Gasteiger partial charge in [-0.3, -0.25) is 9.59 Å². The van der Waals surface area contributed by atoms with Crippen LogP contribution in [-0.4, -0.2) is 34.7 Å². The molecule has 140 valence electrons. The molecule has 27 heavy (non-hydrogen) atoms. The summed E-state index contributed by atoms with van der Waals surface area (Å²) < 4.78 is 0. The van der Waals surface area contributed by atoms with Gasteiger partial charge in [0.1, 0.15) is 0 Å². The van der Waals surface area contributed by atoms with Gasteiger partial charge in [0.2, 0.25) is 0 Å². The van der Waals surface area contributed by atoms with Crippen molar-refractivity contribution in [1.29, 1.82) is 0 Å². The molecule has 0 aliphatic carbocycles. The van der Waals surface area contributed by atoms with Gasteiger partial charge in [0.05, 0.1) is 22.9 Å². The molecule has 2 rings (SSSR count). The molecule has 2 unspecified atom stereocenters. The van der Waals surface area contributed by atoms with Crippen LogP contribution < -0.4 is 10.9 Å². The van der Waals surface area contributed by atoms with E-state index in [9.17, 15) is 9.59 Å². The third-order valence-electron chi connectivity index (χ3n) is 3.52. The summed E-state index contributed by atoms with van der Waals surface area (Å²) in [6.07, 6.45) is 3.15. The van der Waals surface area contributed by atoms with E-state index in [2.05, 4.69) is 21.1 Å². The Morgan fingerprint density at radius 1 is 0.778 bits per heavy atom. The standard InChI is InChI=1S/C20H22N4O2S/c1-15(19(25)23-21-13-17-9-5-3-6-10-17)27-16(2)20(26)24-22-14-18-11-7-4-8-12-18/h3-16H,1-2H3,(H,23,25)(H,24,26)/b21-13-,22-14+. The summed E-state index contributed by atoms with van der Waals surface area (Å²) in [4.78, 5) is 24.2. The van der Waals surface area contributed by atoms with Crippen LogP contribution >= 0.6 is 11.8 Å². The van der Waals surface area contributed by atoms with Crippen LogP contribution in [0.2, 0.25) is 0 Å². The summed E-state index contributed by atoms with van der Waals surface area (Å²) in [5.74, 6) is -0.528. The molecule has 0 aromatic heterocycles. The lowest BCUT2D eigenvalue weighted by Gasteiger charge is -2.14. The van der Waals surface area contributed by atoms with Crippen molar-refractivity contribution in [2.45, 2.75) is 24.3 Å². The SMILES string of the molecule is CC(SC(C)C(=O)N/N=C/c1ccccc1)C(=O)N/N=C\c1ccccc1. The molecular weight excluding hydrogens is 360 g/mol. The van der Waals surface area contributed by atoms with Crippen molar-refractivity contribution >= 4 is 36.0 Å². The first-order valence-corrected chi connectivity index (χ1v) is 9.42. The Bertz CT molecular complexity index is 727. The molecule has 0 spiro atoms. The molecule has 0 aliphatic heterocycles. The van der Waals surface area contributed by atoms with E-state index in [1.807, 2.05) is 60.7 Å². The Morgan fingerprint density at radius 2 is 1.15 bits per heavy atom. The number of rotatable bonds is 8. The maximum Gasteiger partial charge on any atom is 0.252 e. The van der Waals surface area contributed by atoms with Crippen molar-refractivity contribution in [1.82, 2.24) is 10.9 Å². The number of amides is 2. The second kappa shape index (κ2) is 10.9. The minimum absolute atomic E-state index is 0.264. The number of hydrogen-bond donors (Lipinski definition) is 2. The van der Waals surface area contributed by atoms with Crippen LogP contribution in [0.4, 0.5) is 0 Å². The van der Waals surface area contributed by atoms with Crippen molar-refractivity contribution < 1.29 is 9.59 Å². The fourth-order valence-corrected chi connectivity index (χ4v) is 3.00. The zero-order valence-corrected chi connectivity index (χ0v) is 16.0. The molecule has 0 fully saturated rings. The van der Waals surface area contributed by atoms with E-state index in [0.717, 1.165) is 11.1 Å². The maximum absolute atomic E-state index is 12.1. The monoisotopic (exact) mass is 382 g/mol. The van der Waals surface area contributed by atoms with Gasteiger partial charge in [-0.15, -0.1) is 11.8 Å². The quantitative estimate of drug-likeness (QED) is 0.544. The Kier molecular flexibility index (Phi) is 8.25. The van der Waals surface area contributed by atoms with Crippen LogP contribution in [0.1, 0.15) is 25.0 Å². The topological polar surface area (TPSA) is 82.9 Å². The molecule has 0 bridgehead atoms. The molecule has 6 nitrogen and oxygen atoms in total. The van der Waals surface area contributed by atoms with Crippen molar-refractivity contribution in [3.8, 4) is 0 Å². The van der Waals surface area contributed by atoms with E-state index in [1.165, 1.54) is 11.8 Å². The van der Waals surface area contributed by atoms with Crippen molar-refractivity contribution in [3.05, 3.63) is 71.8 Å². The number of hydrazone groups is 2. The fourth-order valence-electron chi connectivity index (χ4n) is 2.03. The minimum atomic E-state index is -0.434. The van der Waals surface area contributed by atoms with Gasteiger partial charge in [-0.25, -0.2) is 10.9 Å². The highest BCUT2D eigenvalue weighted by Gasteiger charge is 2.21. The van der Waals surface area contributed by atoms with Crippen molar-refractivity contribution in [2.75, 3.05) is 0 Å². The van der Waals surface area contributed by atoms with Gasteiger partial charge in [-0.05, 0) is 25.0 Å². The van der Waals surface area contributed by atoms with Crippen LogP contribution in [0.5, 0.6) is 0 Å². The summed E-state index contributed by atoms with van der Waals surface area (Å²) in [5.41, 5.74) is 6.76. The lowest BCUT2D eigenvalue weighted by atomic mass is 10.2. The number of carbonyl (C=O) groups is 2. The van der Waals surface area contributed by atoms with Crippen molar-refractivity contribution in [2.24, 2.45) is 10.2 Å². The number of nitrogens with zero attached hydrogens (tertiary/aromatic N) is 2. The average Bonchev–Trinajstić information content (AvgIpc) is 2.69. The van der Waals surface area contributed by atoms with Gasteiger partial charge in [0, 0.05) is 0 Å². The first-order valence-electron chi connectivity index (χ1n) is 8.47. The first-order chi connectivity index (χ1) is 13.1. The number of thioether (sulfide) groups is 1. The van der Waals surface area contributed by atoms with Gasteiger partial charge in [0.15, 0.2) is 0 Å². The average molecular weight is 382 g/mol. The van der Waals surface area contributed by atoms with E-state index in [-0.39, 0.29) is 11.8 Å². The van der Waals surface area contributed by atoms with Crippen molar-refractivity contribution in [3.63, 3.8) is 0 Å². The molecule has 0 aliphatic rings. The zero-order valence-electron chi connectivity index (χ0n) is 15.2. The van der Waals surface area contributed by atoms with Crippen LogP contribution in [-0.2, 0) is 9.59 Å². The fraction of sp³-hybridized carbons (Fsp3) is 0.200. The predicted molar refractivity (Wildman–Crippen MR) is 111 cm³/mol. The van der Waals surface area contributed by atoms with Crippen LogP contribution in [0.25, 0.3) is 0 Å². The summed E-state index contributed by atoms with van der Waals surface area (Å²) in [6.45, 7) is 3.46. The highest BCUT2D eigenvalue weighted by Crippen LogP contribution is 2.17. The molecule has 2 amide bonds. The number of nitrogens with one attached hydrogen (secondary N) is 2. The molecule has 2 aromatic carbocycles. The summed E-state index contributed by atoms with van der Waals surface area (Å²) in [5, 5.41) is 7.00. The molecule has 0 saturated carbocycles. The Morgan fingerprint density at radius 3 is 1.52 bits per heavy atom. The third kappa shape index (κ3) is 7.45. The number of carbonyl (C=O) groups excluding carboxylic acids is 2. The molecular formula is C20H22N4O2S. The summed E-state index contributed by atoms with van der Waals surface area (Å²) in [7, 11) is 0. The van der Waals surface area contributed by atoms with E-state index >= 15 is 0 Å². The maximum atomic E-state index is 12.1. The van der Waals surface area contributed by atoms with Gasteiger partial charge in [-0.1, -0.05) is 60.7 Å². The van der Waals surface area contributed by atoms with Crippen LogP contribution in [0, 0.1) is 0 Å². The van der Waals surface area contributed by atoms with Gasteiger partial charge >= 0.3 is 0 Å². The summed E-state index contributed by atoms with van der Waals surface area (Å²) in [6, 6.07) is 18.9. The smallest absolute Gasteiger partial charge is 0.252 e. The zero-order chi connectivity index (χ0) is 19.5. The van der Waals surface area contributed by atoms with Gasteiger partial charge < -0.3 is 0 Å². The Labute approximate surface area is 163 Å². The molecule has 2 N–H and O–H groups in total. The molecule has 2 atom stereocenters. The first kappa shape index (κ1) is 20.4. The molecule has 0 radical (unpaired) electrons. The van der Waals surface area contributed by atoms with E-state index in [4.69, 9.17) is 0 Å². The Hall–Kier alpha value is -2.93. The molecule has 7 heteroatoms. The highest BCUT2D eigenvalue weighted by molar-refractivity contribution is 8.01. The summed E-state index contributed by atoms with van der Waals surface area (Å²) >= 11 is 1.24. The highest BCUT2D eigenvalue weighted by atomic mass is 32.2. The van der Waals surface area contributed by atoms with Crippen LogP contribution in [0.3, 0.4) is 0 Å². The van der Waals surface area contributed by atoms with E-state index in [0.29, 0.717) is 0 Å². The molecule has 0 saturated heterocycles. The number of hydrogen-bond acceptors (Lipinski definition) is 5. The minimum Gasteiger partial charge on any atom is -0.272 e. The second-order valence-electron chi connectivity index (χ2n) is 5.71. The number of benzene rings is 2. The lowest BCUT2D eigenvalue weighted by Crippen LogP contribution is -2.33. The largest absolute Gasteiger partial charge is 0.272 e. The van der Waals surface area contributed by atoms with Gasteiger partial charge in [0.25, 0.3) is 11.8 Å². The van der Waals surface area contributed by atoms with E-state index in [1.54, 1.807) is 26.3 Å². The second-order valence-corrected chi connectivity index (χ2v) is 7.40. The van der Waals surface area contributed by atoms with Gasteiger partial charge in [-0.2, -0.15) is 10.2 Å². The lowest BCUT2D eigenvalue weighted by molar-refractivity contribution is -0.120. The Balaban J connectivity index is 1.75. The van der Waals surface area contributed by atoms with E-state index < -0.39 is 10.5 Å². The third-order valence-corrected chi connectivity index (χ3v) is 4.77. The predicted octanol–water partition coefficient (Wildman–Crippen LogP) is 2.80.